The highest BCUT2D eigenvalue weighted by molar-refractivity contribution is 5.80. The predicted molar refractivity (Wildman–Crippen MR) is 77.8 cm³/mol. The molecule has 0 aromatic rings. The topological polar surface area (TPSA) is 36.4 Å². The second-order valence-corrected chi connectivity index (χ2v) is 6.40. The molecule has 104 valence electrons. The standard InChI is InChI=1S/C15H29N3/c1-11(2)10-17-15(16-3)18-14-9-13(14)12-7-5-4-6-8-12/h11-14H,4-10H2,1-3H3,(H2,16,17,18). The van der Waals surface area contributed by atoms with Gasteiger partial charge in [0.2, 0.25) is 0 Å². The van der Waals surface area contributed by atoms with Gasteiger partial charge in [-0.15, -0.1) is 0 Å². The molecule has 0 aliphatic heterocycles. The summed E-state index contributed by atoms with van der Waals surface area (Å²) < 4.78 is 0. The summed E-state index contributed by atoms with van der Waals surface area (Å²) in [6.45, 7) is 5.45. The third-order valence-electron chi connectivity index (χ3n) is 4.32. The molecule has 0 bridgehead atoms. The highest BCUT2D eigenvalue weighted by atomic mass is 15.2. The Balaban J connectivity index is 1.70. The summed E-state index contributed by atoms with van der Waals surface area (Å²) >= 11 is 0. The van der Waals surface area contributed by atoms with Crippen LogP contribution in [0.1, 0.15) is 52.4 Å². The largest absolute Gasteiger partial charge is 0.356 e. The van der Waals surface area contributed by atoms with E-state index in [0.717, 1.165) is 24.3 Å². The Labute approximate surface area is 112 Å². The minimum Gasteiger partial charge on any atom is -0.356 e. The van der Waals surface area contributed by atoms with Crippen LogP contribution in [0.4, 0.5) is 0 Å². The van der Waals surface area contributed by atoms with Crippen LogP contribution < -0.4 is 10.6 Å². The van der Waals surface area contributed by atoms with Crippen molar-refractivity contribution in [3.05, 3.63) is 0 Å². The number of nitrogens with one attached hydrogen (secondary N) is 2. The van der Waals surface area contributed by atoms with Gasteiger partial charge in [0, 0.05) is 19.6 Å². The highest BCUT2D eigenvalue weighted by Crippen LogP contribution is 2.44. The lowest BCUT2D eigenvalue weighted by molar-refractivity contribution is 0.315. The molecule has 0 aromatic heterocycles. The second kappa shape index (κ2) is 6.44. The molecule has 2 aliphatic rings. The summed E-state index contributed by atoms with van der Waals surface area (Å²) in [7, 11) is 1.87. The van der Waals surface area contributed by atoms with E-state index >= 15 is 0 Å². The molecule has 2 atom stereocenters. The van der Waals surface area contributed by atoms with Crippen LogP contribution in [-0.4, -0.2) is 25.6 Å². The average Bonchev–Trinajstić information content (AvgIpc) is 3.14. The van der Waals surface area contributed by atoms with Gasteiger partial charge in [0.15, 0.2) is 5.96 Å². The summed E-state index contributed by atoms with van der Waals surface area (Å²) in [5.41, 5.74) is 0. The van der Waals surface area contributed by atoms with Crippen molar-refractivity contribution in [3.8, 4) is 0 Å². The molecule has 2 N–H and O–H groups in total. The zero-order chi connectivity index (χ0) is 13.0. The molecular weight excluding hydrogens is 222 g/mol. The lowest BCUT2D eigenvalue weighted by Gasteiger charge is -2.22. The van der Waals surface area contributed by atoms with Gasteiger partial charge in [0.25, 0.3) is 0 Å². The van der Waals surface area contributed by atoms with Gasteiger partial charge in [-0.25, -0.2) is 0 Å². The van der Waals surface area contributed by atoms with Gasteiger partial charge in [-0.05, 0) is 24.2 Å². The minimum absolute atomic E-state index is 0.664. The molecule has 0 aromatic carbocycles. The van der Waals surface area contributed by atoms with E-state index in [9.17, 15) is 0 Å². The summed E-state index contributed by atoms with van der Waals surface area (Å²) in [6.07, 6.45) is 8.64. The van der Waals surface area contributed by atoms with Gasteiger partial charge < -0.3 is 10.6 Å². The van der Waals surface area contributed by atoms with Crippen molar-refractivity contribution in [2.24, 2.45) is 22.7 Å². The first-order valence-electron chi connectivity index (χ1n) is 7.68. The Morgan fingerprint density at radius 3 is 2.56 bits per heavy atom. The van der Waals surface area contributed by atoms with Gasteiger partial charge in [-0.3, -0.25) is 4.99 Å². The Morgan fingerprint density at radius 1 is 1.22 bits per heavy atom. The number of guanidine groups is 1. The number of hydrogen-bond acceptors (Lipinski definition) is 1. The lowest BCUT2D eigenvalue weighted by Crippen LogP contribution is -2.41. The fourth-order valence-corrected chi connectivity index (χ4v) is 3.13. The molecule has 2 rings (SSSR count). The smallest absolute Gasteiger partial charge is 0.191 e. The second-order valence-electron chi connectivity index (χ2n) is 6.40. The van der Waals surface area contributed by atoms with E-state index in [1.165, 1.54) is 38.5 Å². The van der Waals surface area contributed by atoms with Crippen LogP contribution in [-0.2, 0) is 0 Å². The van der Waals surface area contributed by atoms with E-state index in [4.69, 9.17) is 0 Å². The fourth-order valence-electron chi connectivity index (χ4n) is 3.13. The predicted octanol–water partition coefficient (Wildman–Crippen LogP) is 2.78. The van der Waals surface area contributed by atoms with Crippen molar-refractivity contribution in [2.75, 3.05) is 13.6 Å². The van der Waals surface area contributed by atoms with Gasteiger partial charge in [0.05, 0.1) is 0 Å². The maximum absolute atomic E-state index is 4.31. The molecule has 2 unspecified atom stereocenters. The molecule has 0 radical (unpaired) electrons. The number of aliphatic imine (C=N–C) groups is 1. The van der Waals surface area contributed by atoms with Crippen molar-refractivity contribution in [1.82, 2.24) is 10.6 Å². The van der Waals surface area contributed by atoms with Crippen molar-refractivity contribution < 1.29 is 0 Å². The fraction of sp³-hybridized carbons (Fsp3) is 0.933. The third kappa shape index (κ3) is 3.89. The van der Waals surface area contributed by atoms with Gasteiger partial charge in [-0.2, -0.15) is 0 Å². The monoisotopic (exact) mass is 251 g/mol. The van der Waals surface area contributed by atoms with E-state index in [0.29, 0.717) is 12.0 Å². The molecule has 0 amide bonds. The average molecular weight is 251 g/mol. The molecule has 3 nitrogen and oxygen atoms in total. The maximum Gasteiger partial charge on any atom is 0.191 e. The first kappa shape index (κ1) is 13.7. The molecule has 2 aliphatic carbocycles. The van der Waals surface area contributed by atoms with Crippen LogP contribution in [0.15, 0.2) is 4.99 Å². The summed E-state index contributed by atoms with van der Waals surface area (Å²) in [5.74, 6) is 3.56. The van der Waals surface area contributed by atoms with Crippen LogP contribution in [0.25, 0.3) is 0 Å². The third-order valence-corrected chi connectivity index (χ3v) is 4.32. The molecular formula is C15H29N3. The zero-order valence-corrected chi connectivity index (χ0v) is 12.2. The molecule has 0 spiro atoms. The lowest BCUT2D eigenvalue weighted by atomic mass is 9.85. The number of hydrogen-bond donors (Lipinski definition) is 2. The SMILES string of the molecule is CN=C(NCC(C)C)NC1CC1C1CCCCC1. The van der Waals surface area contributed by atoms with E-state index in [1.807, 2.05) is 7.05 Å². The van der Waals surface area contributed by atoms with Crippen molar-refractivity contribution in [3.63, 3.8) is 0 Å². The number of rotatable bonds is 4. The van der Waals surface area contributed by atoms with Crippen LogP contribution in [0.2, 0.25) is 0 Å². The highest BCUT2D eigenvalue weighted by Gasteiger charge is 2.43. The van der Waals surface area contributed by atoms with Gasteiger partial charge >= 0.3 is 0 Å². The van der Waals surface area contributed by atoms with Crippen LogP contribution >= 0.6 is 0 Å². The van der Waals surface area contributed by atoms with Crippen LogP contribution in [0.5, 0.6) is 0 Å². The Bertz CT molecular complexity index is 279. The zero-order valence-electron chi connectivity index (χ0n) is 12.2. The van der Waals surface area contributed by atoms with Crippen molar-refractivity contribution in [2.45, 2.75) is 58.4 Å². The van der Waals surface area contributed by atoms with Crippen LogP contribution in [0, 0.1) is 17.8 Å². The number of nitrogens with zero attached hydrogens (tertiary/aromatic N) is 1. The van der Waals surface area contributed by atoms with Crippen LogP contribution in [0.3, 0.4) is 0 Å². The first-order valence-corrected chi connectivity index (χ1v) is 7.68. The normalized spacial score (nSPS) is 29.4. The summed E-state index contributed by atoms with van der Waals surface area (Å²) in [5, 5.41) is 6.98. The van der Waals surface area contributed by atoms with Crippen molar-refractivity contribution in [1.29, 1.82) is 0 Å². The Hall–Kier alpha value is -0.730. The quantitative estimate of drug-likeness (QED) is 0.595. The van der Waals surface area contributed by atoms with E-state index in [1.54, 1.807) is 0 Å². The minimum atomic E-state index is 0.664. The van der Waals surface area contributed by atoms with Gasteiger partial charge in [0.1, 0.15) is 0 Å². The maximum atomic E-state index is 4.31. The molecule has 0 heterocycles. The summed E-state index contributed by atoms with van der Waals surface area (Å²) in [6, 6.07) is 0.687. The Kier molecular flexibility index (Phi) is 4.90. The first-order chi connectivity index (χ1) is 8.70. The summed E-state index contributed by atoms with van der Waals surface area (Å²) in [4.78, 5) is 4.31. The molecule has 18 heavy (non-hydrogen) atoms. The van der Waals surface area contributed by atoms with E-state index < -0.39 is 0 Å². The molecule has 0 saturated heterocycles. The van der Waals surface area contributed by atoms with Gasteiger partial charge in [-0.1, -0.05) is 46.0 Å². The van der Waals surface area contributed by atoms with E-state index in [2.05, 4.69) is 29.5 Å². The molecule has 2 saturated carbocycles. The van der Waals surface area contributed by atoms with Crippen molar-refractivity contribution >= 4 is 5.96 Å². The molecule has 3 heteroatoms. The Morgan fingerprint density at radius 2 is 1.94 bits per heavy atom. The van der Waals surface area contributed by atoms with E-state index in [-0.39, 0.29) is 0 Å². The molecule has 2 fully saturated rings.